The summed E-state index contributed by atoms with van der Waals surface area (Å²) in [5, 5.41) is 0. The van der Waals surface area contributed by atoms with E-state index in [0.29, 0.717) is 6.42 Å². The Hall–Kier alpha value is -2.43. The predicted molar refractivity (Wildman–Crippen MR) is 109 cm³/mol. The van der Waals surface area contributed by atoms with Crippen molar-refractivity contribution in [1.82, 2.24) is 9.88 Å². The van der Waals surface area contributed by atoms with Crippen molar-refractivity contribution >= 4 is 11.6 Å². The summed E-state index contributed by atoms with van der Waals surface area (Å²) in [6.45, 7) is 5.98. The zero-order valence-corrected chi connectivity index (χ0v) is 16.7. The number of hydrogen-bond acceptors (Lipinski definition) is 3. The van der Waals surface area contributed by atoms with Crippen LogP contribution in [0.3, 0.4) is 0 Å². The Labute approximate surface area is 166 Å². The first-order valence-electron chi connectivity index (χ1n) is 10.1. The fourth-order valence-corrected chi connectivity index (χ4v) is 5.16. The van der Waals surface area contributed by atoms with Crippen LogP contribution in [0.1, 0.15) is 45.1 Å². The van der Waals surface area contributed by atoms with Gasteiger partial charge in [0.15, 0.2) is 0 Å². The molecule has 1 unspecified atom stereocenters. The van der Waals surface area contributed by atoms with Crippen LogP contribution in [-0.2, 0) is 11.2 Å². The molecule has 0 radical (unpaired) electrons. The minimum atomic E-state index is -0.218. The number of benzene rings is 1. The van der Waals surface area contributed by atoms with Gasteiger partial charge in [0.25, 0.3) is 0 Å². The van der Waals surface area contributed by atoms with E-state index in [0.717, 1.165) is 50.0 Å². The molecule has 0 saturated carbocycles. The number of aromatic nitrogens is 1. The number of amides is 1. The van der Waals surface area contributed by atoms with Crippen LogP contribution in [0.25, 0.3) is 0 Å². The number of halogens is 1. The van der Waals surface area contributed by atoms with E-state index in [9.17, 15) is 9.18 Å². The molecule has 148 valence electrons. The van der Waals surface area contributed by atoms with Crippen molar-refractivity contribution in [3.63, 3.8) is 0 Å². The molecule has 1 spiro atoms. The number of aryl methyl sites for hydroxylation is 1. The lowest BCUT2D eigenvalue weighted by molar-refractivity contribution is -0.134. The maximum absolute atomic E-state index is 13.8. The highest BCUT2D eigenvalue weighted by atomic mass is 19.1. The minimum Gasteiger partial charge on any atom is -0.364 e. The topological polar surface area (TPSA) is 36.4 Å². The summed E-state index contributed by atoms with van der Waals surface area (Å²) in [6.07, 6.45) is 7.77. The first-order valence-corrected chi connectivity index (χ1v) is 10.1. The maximum Gasteiger partial charge on any atom is 0.223 e. The van der Waals surface area contributed by atoms with Crippen molar-refractivity contribution in [3.05, 3.63) is 60.2 Å². The van der Waals surface area contributed by atoms with Gasteiger partial charge in [-0.25, -0.2) is 4.39 Å². The Balaban J connectivity index is 1.52. The maximum atomic E-state index is 13.8. The third kappa shape index (κ3) is 3.50. The summed E-state index contributed by atoms with van der Waals surface area (Å²) in [7, 11) is 0. The van der Waals surface area contributed by atoms with Gasteiger partial charge in [0.2, 0.25) is 5.91 Å². The van der Waals surface area contributed by atoms with E-state index in [1.165, 1.54) is 6.07 Å². The molecule has 2 aliphatic rings. The van der Waals surface area contributed by atoms with Gasteiger partial charge in [0, 0.05) is 43.1 Å². The quantitative estimate of drug-likeness (QED) is 0.796. The van der Waals surface area contributed by atoms with Crippen LogP contribution in [-0.4, -0.2) is 40.0 Å². The molecule has 1 amide bonds. The third-order valence-electron chi connectivity index (χ3n) is 6.31. The van der Waals surface area contributed by atoms with E-state index in [2.05, 4.69) is 28.6 Å². The molecule has 2 aromatic rings. The number of pyridine rings is 1. The standard InChI is InChI=1S/C23H28FN3O/c1-22(2)16-23(17-27(22)20-8-3-7-19(24)14-20)11-5-13-26(23)21(28)10-9-18-6-4-12-25-15-18/h3-4,6-8,12,14-15H,5,9-11,13,16-17H2,1-2H3. The fraction of sp³-hybridized carbons (Fsp3) is 0.478. The largest absolute Gasteiger partial charge is 0.364 e. The summed E-state index contributed by atoms with van der Waals surface area (Å²) in [4.78, 5) is 21.6. The van der Waals surface area contributed by atoms with Crippen molar-refractivity contribution < 1.29 is 9.18 Å². The zero-order valence-electron chi connectivity index (χ0n) is 16.7. The van der Waals surface area contributed by atoms with Gasteiger partial charge in [-0.05, 0) is 69.4 Å². The zero-order chi connectivity index (χ0) is 19.8. The van der Waals surface area contributed by atoms with Crippen molar-refractivity contribution in [1.29, 1.82) is 0 Å². The highest BCUT2D eigenvalue weighted by Gasteiger charge is 2.54. The fourth-order valence-electron chi connectivity index (χ4n) is 5.16. The van der Waals surface area contributed by atoms with E-state index in [1.807, 2.05) is 24.4 Å². The molecule has 2 aliphatic heterocycles. The Kier molecular flexibility index (Phi) is 4.86. The summed E-state index contributed by atoms with van der Waals surface area (Å²) >= 11 is 0. The van der Waals surface area contributed by atoms with Crippen molar-refractivity contribution in [3.8, 4) is 0 Å². The smallest absolute Gasteiger partial charge is 0.223 e. The van der Waals surface area contributed by atoms with Crippen LogP contribution in [0.15, 0.2) is 48.8 Å². The van der Waals surface area contributed by atoms with Gasteiger partial charge >= 0.3 is 0 Å². The van der Waals surface area contributed by atoms with Crippen molar-refractivity contribution in [2.45, 2.75) is 57.0 Å². The molecule has 5 heteroatoms. The Morgan fingerprint density at radius 3 is 2.86 bits per heavy atom. The number of rotatable bonds is 4. The highest BCUT2D eigenvalue weighted by Crippen LogP contribution is 2.47. The number of carbonyl (C=O) groups is 1. The van der Waals surface area contributed by atoms with Crippen LogP contribution < -0.4 is 4.90 Å². The van der Waals surface area contributed by atoms with Gasteiger partial charge in [-0.15, -0.1) is 0 Å². The SMILES string of the molecule is CC1(C)CC2(CCCN2C(=O)CCc2cccnc2)CN1c1cccc(F)c1. The van der Waals surface area contributed by atoms with E-state index in [1.54, 1.807) is 18.3 Å². The summed E-state index contributed by atoms with van der Waals surface area (Å²) in [5.41, 5.74) is 1.72. The van der Waals surface area contributed by atoms with E-state index < -0.39 is 0 Å². The molecule has 4 nitrogen and oxygen atoms in total. The van der Waals surface area contributed by atoms with Crippen LogP contribution in [0.5, 0.6) is 0 Å². The molecule has 3 heterocycles. The average molecular weight is 381 g/mol. The normalized spacial score (nSPS) is 23.5. The van der Waals surface area contributed by atoms with Gasteiger partial charge in [0.05, 0.1) is 5.54 Å². The van der Waals surface area contributed by atoms with E-state index in [-0.39, 0.29) is 22.8 Å². The number of nitrogens with zero attached hydrogens (tertiary/aromatic N) is 3. The molecule has 2 fully saturated rings. The minimum absolute atomic E-state index is 0.125. The van der Waals surface area contributed by atoms with Crippen LogP contribution >= 0.6 is 0 Å². The molecule has 1 atom stereocenters. The summed E-state index contributed by atoms with van der Waals surface area (Å²) < 4.78 is 13.8. The second kappa shape index (κ2) is 7.19. The van der Waals surface area contributed by atoms with Gasteiger partial charge < -0.3 is 9.80 Å². The molecular formula is C23H28FN3O. The van der Waals surface area contributed by atoms with Crippen molar-refractivity contribution in [2.24, 2.45) is 0 Å². The lowest BCUT2D eigenvalue weighted by Crippen LogP contribution is -2.49. The summed E-state index contributed by atoms with van der Waals surface area (Å²) in [6, 6.07) is 10.7. The van der Waals surface area contributed by atoms with E-state index >= 15 is 0 Å². The first-order chi connectivity index (χ1) is 13.4. The predicted octanol–water partition coefficient (Wildman–Crippen LogP) is 4.20. The van der Waals surface area contributed by atoms with Gasteiger partial charge in [-0.1, -0.05) is 12.1 Å². The van der Waals surface area contributed by atoms with Crippen molar-refractivity contribution in [2.75, 3.05) is 18.0 Å². The number of anilines is 1. The third-order valence-corrected chi connectivity index (χ3v) is 6.31. The van der Waals surface area contributed by atoms with Crippen LogP contribution in [0.4, 0.5) is 10.1 Å². The van der Waals surface area contributed by atoms with Crippen LogP contribution in [0.2, 0.25) is 0 Å². The number of likely N-dealkylation sites (tertiary alicyclic amines) is 1. The van der Waals surface area contributed by atoms with Crippen LogP contribution in [0, 0.1) is 5.82 Å². The monoisotopic (exact) mass is 381 g/mol. The molecule has 0 aliphatic carbocycles. The second-order valence-electron chi connectivity index (χ2n) is 8.79. The van der Waals surface area contributed by atoms with Gasteiger partial charge in [-0.2, -0.15) is 0 Å². The second-order valence-corrected chi connectivity index (χ2v) is 8.79. The summed E-state index contributed by atoms with van der Waals surface area (Å²) in [5.74, 6) is 0.00307. The molecular weight excluding hydrogens is 353 g/mol. The molecule has 0 N–H and O–H groups in total. The first kappa shape index (κ1) is 18.9. The molecule has 28 heavy (non-hydrogen) atoms. The molecule has 0 bridgehead atoms. The Bertz CT molecular complexity index is 854. The molecule has 1 aromatic carbocycles. The van der Waals surface area contributed by atoms with Gasteiger partial charge in [-0.3, -0.25) is 9.78 Å². The lowest BCUT2D eigenvalue weighted by atomic mass is 9.87. The molecule has 1 aromatic heterocycles. The highest BCUT2D eigenvalue weighted by molar-refractivity contribution is 5.78. The average Bonchev–Trinajstić information content (AvgIpc) is 3.20. The number of carbonyl (C=O) groups excluding carboxylic acids is 1. The number of hydrogen-bond donors (Lipinski definition) is 0. The lowest BCUT2D eigenvalue weighted by Gasteiger charge is -2.35. The Morgan fingerprint density at radius 2 is 2.11 bits per heavy atom. The Morgan fingerprint density at radius 1 is 1.25 bits per heavy atom. The van der Waals surface area contributed by atoms with E-state index in [4.69, 9.17) is 0 Å². The molecule has 2 saturated heterocycles. The molecule has 4 rings (SSSR count). The van der Waals surface area contributed by atoms with Gasteiger partial charge in [0.1, 0.15) is 5.82 Å².